The lowest BCUT2D eigenvalue weighted by Gasteiger charge is -2.12. The summed E-state index contributed by atoms with van der Waals surface area (Å²) in [4.78, 5) is 10.4. The average molecular weight is 415 g/mol. The zero-order chi connectivity index (χ0) is 15.6. The van der Waals surface area contributed by atoms with Gasteiger partial charge in [0.05, 0.1) is 10.5 Å². The minimum atomic E-state index is -0.510. The predicted molar refractivity (Wildman–Crippen MR) is 86.0 cm³/mol. The fraction of sp³-hybridized carbons (Fsp3) is 0. The molecule has 0 aliphatic heterocycles. The molecule has 0 radical (unpaired) electrons. The van der Waals surface area contributed by atoms with Gasteiger partial charge in [-0.3, -0.25) is 15.5 Å². The van der Waals surface area contributed by atoms with Crippen LogP contribution in [0, 0.1) is 15.5 Å². The maximum absolute atomic E-state index is 10.9. The predicted octanol–water partition coefficient (Wildman–Crippen LogP) is 4.20. The van der Waals surface area contributed by atoms with E-state index in [0.717, 1.165) is 4.47 Å². The van der Waals surface area contributed by atoms with E-state index in [4.69, 9.17) is 15.9 Å². The number of nitrogen functional groups attached to an aromatic ring is 1. The van der Waals surface area contributed by atoms with Crippen molar-refractivity contribution in [3.8, 4) is 11.5 Å². The Morgan fingerprint density at radius 1 is 1.24 bits per heavy atom. The number of hydrogen-bond donors (Lipinski definition) is 2. The van der Waals surface area contributed by atoms with Gasteiger partial charge in [-0.1, -0.05) is 22.0 Å². The molecule has 0 atom stereocenters. The standard InChI is InChI=1S/C13H9Br2N3O3/c14-7-4-5-10(8(6-7)13(16)17)21-11-3-1-2-9(12(11)15)18(19)20/h1-6H,(H3,16,17). The summed E-state index contributed by atoms with van der Waals surface area (Å²) in [5, 5.41) is 18.5. The van der Waals surface area contributed by atoms with Crippen molar-refractivity contribution < 1.29 is 9.66 Å². The highest BCUT2D eigenvalue weighted by molar-refractivity contribution is 9.11. The van der Waals surface area contributed by atoms with Crippen LogP contribution >= 0.6 is 31.9 Å². The van der Waals surface area contributed by atoms with Crippen molar-refractivity contribution in [3.05, 3.63) is 61.0 Å². The number of amidine groups is 1. The Morgan fingerprint density at radius 2 is 1.95 bits per heavy atom. The van der Waals surface area contributed by atoms with Gasteiger partial charge >= 0.3 is 0 Å². The molecule has 2 aromatic rings. The van der Waals surface area contributed by atoms with Gasteiger partial charge in [0.25, 0.3) is 5.69 Å². The Kier molecular flexibility index (Phi) is 4.59. The summed E-state index contributed by atoms with van der Waals surface area (Å²) >= 11 is 6.44. The van der Waals surface area contributed by atoms with E-state index in [2.05, 4.69) is 31.9 Å². The number of nitro benzene ring substituents is 1. The number of nitrogens with one attached hydrogen (secondary N) is 1. The van der Waals surface area contributed by atoms with Gasteiger partial charge in [-0.05, 0) is 40.2 Å². The van der Waals surface area contributed by atoms with Crippen molar-refractivity contribution in [1.29, 1.82) is 5.41 Å². The van der Waals surface area contributed by atoms with Gasteiger partial charge in [-0.2, -0.15) is 0 Å². The number of rotatable bonds is 4. The molecule has 0 aliphatic carbocycles. The molecule has 0 unspecified atom stereocenters. The first-order valence-corrected chi connectivity index (χ1v) is 7.23. The molecular formula is C13H9Br2N3O3. The SMILES string of the molecule is N=C(N)c1cc(Br)ccc1Oc1cccc([N+](=O)[O-])c1Br. The smallest absolute Gasteiger partial charge is 0.287 e. The van der Waals surface area contributed by atoms with Gasteiger partial charge in [0.1, 0.15) is 21.8 Å². The van der Waals surface area contributed by atoms with Gasteiger partial charge in [0, 0.05) is 10.5 Å². The largest absolute Gasteiger partial charge is 0.455 e. The minimum Gasteiger partial charge on any atom is -0.455 e. The van der Waals surface area contributed by atoms with Crippen LogP contribution in [-0.2, 0) is 0 Å². The Labute approximate surface area is 136 Å². The molecule has 0 bridgehead atoms. The Morgan fingerprint density at radius 3 is 2.57 bits per heavy atom. The van der Waals surface area contributed by atoms with Gasteiger partial charge < -0.3 is 10.5 Å². The first-order valence-electron chi connectivity index (χ1n) is 5.65. The number of hydrogen-bond acceptors (Lipinski definition) is 4. The molecule has 0 saturated heterocycles. The molecular weight excluding hydrogens is 406 g/mol. The lowest BCUT2D eigenvalue weighted by molar-refractivity contribution is -0.385. The van der Waals surface area contributed by atoms with E-state index in [0.29, 0.717) is 11.3 Å². The quantitative estimate of drug-likeness (QED) is 0.338. The van der Waals surface area contributed by atoms with E-state index in [1.54, 1.807) is 24.3 Å². The number of benzene rings is 2. The van der Waals surface area contributed by atoms with Crippen LogP contribution in [0.4, 0.5) is 5.69 Å². The summed E-state index contributed by atoms with van der Waals surface area (Å²) in [6, 6.07) is 9.47. The molecule has 6 nitrogen and oxygen atoms in total. The topological polar surface area (TPSA) is 102 Å². The molecule has 2 aromatic carbocycles. The molecule has 21 heavy (non-hydrogen) atoms. The lowest BCUT2D eigenvalue weighted by atomic mass is 10.2. The third-order valence-electron chi connectivity index (χ3n) is 2.59. The summed E-state index contributed by atoms with van der Waals surface area (Å²) < 4.78 is 6.63. The van der Waals surface area contributed by atoms with Gasteiger partial charge in [-0.15, -0.1) is 0 Å². The number of nitro groups is 1. The second-order valence-electron chi connectivity index (χ2n) is 4.00. The molecule has 3 N–H and O–H groups in total. The summed E-state index contributed by atoms with van der Waals surface area (Å²) in [7, 11) is 0. The summed E-state index contributed by atoms with van der Waals surface area (Å²) in [6.07, 6.45) is 0. The summed E-state index contributed by atoms with van der Waals surface area (Å²) in [5.41, 5.74) is 5.80. The number of ether oxygens (including phenoxy) is 1. The van der Waals surface area contributed by atoms with Crippen molar-refractivity contribution in [2.45, 2.75) is 0 Å². The number of nitrogens with two attached hydrogens (primary N) is 1. The van der Waals surface area contributed by atoms with Crippen LogP contribution in [0.25, 0.3) is 0 Å². The minimum absolute atomic E-state index is 0.103. The molecule has 0 amide bonds. The van der Waals surface area contributed by atoms with E-state index in [1.807, 2.05) is 0 Å². The molecule has 0 spiro atoms. The van der Waals surface area contributed by atoms with Gasteiger partial charge in [0.15, 0.2) is 0 Å². The average Bonchev–Trinajstić information content (AvgIpc) is 2.42. The summed E-state index contributed by atoms with van der Waals surface area (Å²) in [5.74, 6) is 0.453. The molecule has 0 saturated carbocycles. The highest BCUT2D eigenvalue weighted by atomic mass is 79.9. The monoisotopic (exact) mass is 413 g/mol. The van der Waals surface area contributed by atoms with Gasteiger partial charge in [-0.25, -0.2) is 0 Å². The maximum Gasteiger partial charge on any atom is 0.287 e. The zero-order valence-corrected chi connectivity index (χ0v) is 13.6. The van der Waals surface area contributed by atoms with E-state index in [9.17, 15) is 10.1 Å². The molecule has 0 aliphatic rings. The molecule has 8 heteroatoms. The molecule has 0 heterocycles. The van der Waals surface area contributed by atoms with Crippen LogP contribution in [0.3, 0.4) is 0 Å². The Balaban J connectivity index is 2.46. The lowest BCUT2D eigenvalue weighted by Crippen LogP contribution is -2.12. The second kappa shape index (κ2) is 6.23. The summed E-state index contributed by atoms with van der Waals surface area (Å²) in [6.45, 7) is 0. The first-order chi connectivity index (χ1) is 9.90. The highest BCUT2D eigenvalue weighted by Crippen LogP contribution is 2.37. The third-order valence-corrected chi connectivity index (χ3v) is 3.88. The normalized spacial score (nSPS) is 10.2. The van der Waals surface area contributed by atoms with Crippen LogP contribution in [0.5, 0.6) is 11.5 Å². The fourth-order valence-corrected chi connectivity index (χ4v) is 2.49. The Bertz CT molecular complexity index is 735. The molecule has 0 aromatic heterocycles. The van der Waals surface area contributed by atoms with Crippen molar-refractivity contribution in [2.75, 3.05) is 0 Å². The zero-order valence-electron chi connectivity index (χ0n) is 10.5. The van der Waals surface area contributed by atoms with Crippen molar-refractivity contribution >= 4 is 43.4 Å². The maximum atomic E-state index is 10.9. The van der Waals surface area contributed by atoms with Crippen LogP contribution in [0.15, 0.2) is 45.3 Å². The fourth-order valence-electron chi connectivity index (χ4n) is 1.64. The van der Waals surface area contributed by atoms with Crippen LogP contribution < -0.4 is 10.5 Å². The first kappa shape index (κ1) is 15.5. The molecule has 0 fully saturated rings. The van der Waals surface area contributed by atoms with E-state index >= 15 is 0 Å². The number of halogens is 2. The van der Waals surface area contributed by atoms with Crippen LogP contribution in [-0.4, -0.2) is 10.8 Å². The Hall–Kier alpha value is -1.93. The van der Waals surface area contributed by atoms with E-state index < -0.39 is 4.92 Å². The number of nitrogens with zero attached hydrogens (tertiary/aromatic N) is 1. The van der Waals surface area contributed by atoms with Crippen molar-refractivity contribution in [2.24, 2.45) is 5.73 Å². The van der Waals surface area contributed by atoms with E-state index in [-0.39, 0.29) is 21.7 Å². The van der Waals surface area contributed by atoms with Crippen molar-refractivity contribution in [1.82, 2.24) is 0 Å². The van der Waals surface area contributed by atoms with Crippen LogP contribution in [0.2, 0.25) is 0 Å². The second-order valence-corrected chi connectivity index (χ2v) is 5.71. The highest BCUT2D eigenvalue weighted by Gasteiger charge is 2.17. The third kappa shape index (κ3) is 3.40. The van der Waals surface area contributed by atoms with Crippen LogP contribution in [0.1, 0.15) is 5.56 Å². The molecule has 2 rings (SSSR count). The van der Waals surface area contributed by atoms with Gasteiger partial charge in [0.2, 0.25) is 0 Å². The van der Waals surface area contributed by atoms with Crippen molar-refractivity contribution in [3.63, 3.8) is 0 Å². The van der Waals surface area contributed by atoms with E-state index in [1.165, 1.54) is 12.1 Å². The molecule has 108 valence electrons.